The van der Waals surface area contributed by atoms with E-state index in [9.17, 15) is 4.79 Å². The lowest BCUT2D eigenvalue weighted by Crippen LogP contribution is -2.63. The molecule has 24 heavy (non-hydrogen) atoms. The molecule has 1 atom stereocenters. The van der Waals surface area contributed by atoms with Gasteiger partial charge in [0.15, 0.2) is 6.54 Å². The molecule has 122 valence electrons. The lowest BCUT2D eigenvalue weighted by atomic mass is 9.62. The first-order valence-electron chi connectivity index (χ1n) is 7.31. The minimum absolute atomic E-state index is 0.0877. The molecule has 1 fully saturated rings. The maximum absolute atomic E-state index is 12.0. The SMILES string of the molecule is COc1ccc2c(c1)O[B-]1(c3ccc(Cl)cc3Cl)OC(=O)C[N+]1=C2. The van der Waals surface area contributed by atoms with Crippen LogP contribution in [0.1, 0.15) is 5.56 Å². The molecule has 0 spiro atoms. The lowest BCUT2D eigenvalue weighted by molar-refractivity contribution is -0.391. The van der Waals surface area contributed by atoms with Crippen molar-refractivity contribution in [2.24, 2.45) is 0 Å². The summed E-state index contributed by atoms with van der Waals surface area (Å²) in [5, 5.41) is 0.871. The molecular formula is C16H12BCl2NO4. The van der Waals surface area contributed by atoms with Crippen LogP contribution in [0.2, 0.25) is 10.0 Å². The highest BCUT2D eigenvalue weighted by Crippen LogP contribution is 2.33. The summed E-state index contributed by atoms with van der Waals surface area (Å²) in [5.74, 6) is 0.830. The zero-order valence-electron chi connectivity index (χ0n) is 12.7. The van der Waals surface area contributed by atoms with Gasteiger partial charge in [-0.1, -0.05) is 29.3 Å². The molecule has 0 aromatic heterocycles. The van der Waals surface area contributed by atoms with Crippen LogP contribution in [0, 0.1) is 0 Å². The minimum Gasteiger partial charge on any atom is -0.618 e. The van der Waals surface area contributed by atoms with E-state index in [0.29, 0.717) is 27.0 Å². The summed E-state index contributed by atoms with van der Waals surface area (Å²) in [6.45, 7) is -2.17. The first kappa shape index (κ1) is 15.4. The van der Waals surface area contributed by atoms with Gasteiger partial charge in [-0.05, 0) is 29.7 Å². The van der Waals surface area contributed by atoms with E-state index in [1.54, 1.807) is 35.9 Å². The van der Waals surface area contributed by atoms with Crippen LogP contribution in [-0.4, -0.2) is 37.0 Å². The van der Waals surface area contributed by atoms with Crippen LogP contribution >= 0.6 is 23.2 Å². The second-order valence-electron chi connectivity index (χ2n) is 5.65. The van der Waals surface area contributed by atoms with E-state index < -0.39 is 6.69 Å². The van der Waals surface area contributed by atoms with Crippen molar-refractivity contribution in [1.82, 2.24) is 0 Å². The molecule has 2 aliphatic heterocycles. The van der Waals surface area contributed by atoms with Gasteiger partial charge in [-0.3, -0.25) is 0 Å². The first-order valence-corrected chi connectivity index (χ1v) is 8.07. The van der Waals surface area contributed by atoms with Crippen molar-refractivity contribution in [3.63, 3.8) is 0 Å². The zero-order valence-corrected chi connectivity index (χ0v) is 14.2. The van der Waals surface area contributed by atoms with Crippen LogP contribution in [0.25, 0.3) is 0 Å². The van der Waals surface area contributed by atoms with Gasteiger partial charge in [-0.2, -0.15) is 0 Å². The molecule has 0 N–H and O–H groups in total. The number of benzene rings is 2. The van der Waals surface area contributed by atoms with Crippen molar-refractivity contribution in [2.75, 3.05) is 13.7 Å². The number of carbonyl (C=O) groups is 1. The van der Waals surface area contributed by atoms with E-state index in [1.165, 1.54) is 0 Å². The van der Waals surface area contributed by atoms with Crippen molar-refractivity contribution in [3.05, 3.63) is 52.0 Å². The number of fused-ring (bicyclic) bond motifs is 2. The molecule has 2 aromatic carbocycles. The monoisotopic (exact) mass is 363 g/mol. The average Bonchev–Trinajstić information content (AvgIpc) is 2.87. The highest BCUT2D eigenvalue weighted by atomic mass is 35.5. The summed E-state index contributed by atoms with van der Waals surface area (Å²) < 4.78 is 18.8. The number of ether oxygens (including phenoxy) is 1. The highest BCUT2D eigenvalue weighted by Gasteiger charge is 2.58. The van der Waals surface area contributed by atoms with Crippen LogP contribution in [0.3, 0.4) is 0 Å². The number of carbonyl (C=O) groups excluding carboxylic acids is 1. The summed E-state index contributed by atoms with van der Waals surface area (Å²) in [7, 11) is 1.58. The van der Waals surface area contributed by atoms with Crippen LogP contribution in [0.5, 0.6) is 11.5 Å². The van der Waals surface area contributed by atoms with E-state index in [4.69, 9.17) is 37.2 Å². The summed E-state index contributed by atoms with van der Waals surface area (Å²) in [4.78, 5) is 12.0. The van der Waals surface area contributed by atoms with Crippen LogP contribution in [-0.2, 0) is 9.45 Å². The Morgan fingerprint density at radius 2 is 2.00 bits per heavy atom. The van der Waals surface area contributed by atoms with Crippen molar-refractivity contribution >= 4 is 47.5 Å². The molecule has 0 bridgehead atoms. The molecule has 4 rings (SSSR count). The summed E-state index contributed by atoms with van der Waals surface area (Å²) in [6.07, 6.45) is 1.84. The molecule has 0 saturated carbocycles. The molecule has 5 nitrogen and oxygen atoms in total. The molecular weight excluding hydrogens is 352 g/mol. The summed E-state index contributed by atoms with van der Waals surface area (Å²) >= 11 is 12.3. The third-order valence-electron chi connectivity index (χ3n) is 4.21. The second-order valence-corrected chi connectivity index (χ2v) is 6.49. The maximum Gasteiger partial charge on any atom is 0.683 e. The Labute approximate surface area is 148 Å². The van der Waals surface area contributed by atoms with Crippen molar-refractivity contribution in [1.29, 1.82) is 0 Å². The molecule has 2 heterocycles. The van der Waals surface area contributed by atoms with E-state index in [0.717, 1.165) is 5.56 Å². The third-order valence-corrected chi connectivity index (χ3v) is 4.77. The van der Waals surface area contributed by atoms with E-state index in [2.05, 4.69) is 0 Å². The number of rotatable bonds is 2. The highest BCUT2D eigenvalue weighted by molar-refractivity contribution is 6.79. The quantitative estimate of drug-likeness (QED) is 0.767. The Bertz CT molecular complexity index is 902. The second kappa shape index (κ2) is 5.43. The van der Waals surface area contributed by atoms with E-state index in [-0.39, 0.29) is 12.5 Å². The van der Waals surface area contributed by atoms with E-state index in [1.807, 2.05) is 18.3 Å². The molecule has 8 heteroatoms. The smallest absolute Gasteiger partial charge is 0.618 e. The van der Waals surface area contributed by atoms with Crippen LogP contribution < -0.4 is 14.9 Å². The van der Waals surface area contributed by atoms with Gasteiger partial charge in [0.25, 0.3) is 0 Å². The van der Waals surface area contributed by atoms with Gasteiger partial charge in [0.1, 0.15) is 12.0 Å². The van der Waals surface area contributed by atoms with Gasteiger partial charge in [-0.15, -0.1) is 0 Å². The minimum atomic E-state index is -2.26. The van der Waals surface area contributed by atoms with Crippen LogP contribution in [0.15, 0.2) is 36.4 Å². The number of methoxy groups -OCH3 is 1. The van der Waals surface area contributed by atoms with Gasteiger partial charge in [-0.25, -0.2) is 4.79 Å². The molecule has 2 aliphatic rings. The predicted molar refractivity (Wildman–Crippen MR) is 91.9 cm³/mol. The van der Waals surface area contributed by atoms with Gasteiger partial charge in [0.2, 0.25) is 0 Å². The Balaban J connectivity index is 1.91. The molecule has 0 aliphatic carbocycles. The van der Waals surface area contributed by atoms with Crippen molar-refractivity contribution in [2.45, 2.75) is 0 Å². The standard InChI is InChI=1S/C16H12BCl2NO4/c1-22-12-4-2-10-8-20-9-16(21)24-17(20,23-15(10)7-12)13-5-3-11(18)6-14(13)19/h2-8H,9H2,1H3. The Morgan fingerprint density at radius 3 is 2.75 bits per heavy atom. The van der Waals surface area contributed by atoms with Gasteiger partial charge in [0.05, 0.1) is 18.4 Å². The van der Waals surface area contributed by atoms with Gasteiger partial charge < -0.3 is 18.5 Å². The predicted octanol–water partition coefficient (Wildman–Crippen LogP) is 2.23. The lowest BCUT2D eigenvalue weighted by Gasteiger charge is -2.35. The number of halogens is 2. The number of nitrogens with zero attached hydrogens (tertiary/aromatic N) is 1. The Morgan fingerprint density at radius 1 is 1.17 bits per heavy atom. The van der Waals surface area contributed by atoms with Crippen molar-refractivity contribution in [3.8, 4) is 11.5 Å². The number of hydrogen-bond donors (Lipinski definition) is 0. The van der Waals surface area contributed by atoms with Gasteiger partial charge in [0, 0.05) is 16.1 Å². The van der Waals surface area contributed by atoms with Crippen molar-refractivity contribution < 1.29 is 23.3 Å². The molecule has 0 amide bonds. The largest absolute Gasteiger partial charge is 0.683 e. The Hall–Kier alpha value is -2.18. The molecule has 0 radical (unpaired) electrons. The maximum atomic E-state index is 12.0. The fourth-order valence-electron chi connectivity index (χ4n) is 3.09. The van der Waals surface area contributed by atoms with Gasteiger partial charge >= 0.3 is 12.7 Å². The topological polar surface area (TPSA) is 47.8 Å². The first-order chi connectivity index (χ1) is 11.5. The normalized spacial score (nSPS) is 21.3. The molecule has 2 aromatic rings. The zero-order chi connectivity index (χ0) is 16.9. The average molecular weight is 364 g/mol. The molecule has 1 saturated heterocycles. The Kier molecular flexibility index (Phi) is 3.47. The van der Waals surface area contributed by atoms with E-state index >= 15 is 0 Å². The third kappa shape index (κ3) is 2.25. The van der Waals surface area contributed by atoms with Crippen LogP contribution in [0.4, 0.5) is 0 Å². The number of hydrogen-bond acceptors (Lipinski definition) is 4. The molecule has 1 unspecified atom stereocenters. The summed E-state index contributed by atoms with van der Waals surface area (Å²) in [5.41, 5.74) is 1.40. The summed E-state index contributed by atoms with van der Waals surface area (Å²) in [6, 6.07) is 10.4. The fraction of sp³-hybridized carbons (Fsp3) is 0.125. The fourth-order valence-corrected chi connectivity index (χ4v) is 3.64.